The highest BCUT2D eigenvalue weighted by Crippen LogP contribution is 2.31. The molecule has 4 rings (SSSR count). The van der Waals surface area contributed by atoms with E-state index in [0.29, 0.717) is 30.2 Å². The summed E-state index contributed by atoms with van der Waals surface area (Å²) in [5, 5.41) is 0.341. The number of aromatic nitrogens is 4. The molecule has 0 aromatic carbocycles. The van der Waals surface area contributed by atoms with E-state index in [1.54, 1.807) is 0 Å². The number of halogens is 2. The van der Waals surface area contributed by atoms with Gasteiger partial charge >= 0.3 is 0 Å². The number of ether oxygens (including phenoxy) is 2. The van der Waals surface area contributed by atoms with Gasteiger partial charge in [-0.3, -0.25) is 0 Å². The Morgan fingerprint density at radius 3 is 2.68 bits per heavy atom. The van der Waals surface area contributed by atoms with Crippen LogP contribution < -0.4 is 9.64 Å². The molecule has 1 unspecified atom stereocenters. The fraction of sp³-hybridized carbons (Fsp3) is 0.538. The molecule has 2 fully saturated rings. The third kappa shape index (κ3) is 2.53. The molecule has 1 atom stereocenters. The lowest BCUT2D eigenvalue weighted by molar-refractivity contribution is 0.138. The van der Waals surface area contributed by atoms with E-state index >= 15 is 0 Å². The molecule has 2 aliphatic heterocycles. The summed E-state index contributed by atoms with van der Waals surface area (Å²) in [6, 6.07) is 0. The van der Waals surface area contributed by atoms with Crippen LogP contribution in [0.4, 0.5) is 5.82 Å². The maximum absolute atomic E-state index is 6.21. The van der Waals surface area contributed by atoms with Crippen LogP contribution in [0.5, 0.6) is 5.88 Å². The van der Waals surface area contributed by atoms with Crippen molar-refractivity contribution in [2.45, 2.75) is 18.9 Å². The lowest BCUT2D eigenvalue weighted by Gasteiger charge is -2.32. The predicted molar refractivity (Wildman–Crippen MR) is 81.8 cm³/mol. The molecule has 22 heavy (non-hydrogen) atoms. The molecule has 2 saturated heterocycles. The number of hydrogen-bond acceptors (Lipinski definition) is 7. The molecule has 0 saturated carbocycles. The van der Waals surface area contributed by atoms with Gasteiger partial charge in [0, 0.05) is 19.5 Å². The van der Waals surface area contributed by atoms with Gasteiger partial charge in [0.1, 0.15) is 6.10 Å². The van der Waals surface area contributed by atoms with E-state index in [0.717, 1.165) is 25.9 Å². The summed E-state index contributed by atoms with van der Waals surface area (Å²) < 4.78 is 11.0. The van der Waals surface area contributed by atoms with Gasteiger partial charge in [0.05, 0.1) is 13.2 Å². The van der Waals surface area contributed by atoms with E-state index < -0.39 is 0 Å². The van der Waals surface area contributed by atoms with Crippen molar-refractivity contribution >= 4 is 40.2 Å². The van der Waals surface area contributed by atoms with Crippen LogP contribution in [-0.2, 0) is 4.74 Å². The van der Waals surface area contributed by atoms with Gasteiger partial charge < -0.3 is 14.4 Å². The summed E-state index contributed by atoms with van der Waals surface area (Å²) in [5.74, 6) is 0.931. The zero-order valence-corrected chi connectivity index (χ0v) is 13.1. The molecule has 0 bridgehead atoms. The first-order valence-corrected chi connectivity index (χ1v) is 7.86. The van der Waals surface area contributed by atoms with Crippen LogP contribution in [0.15, 0.2) is 0 Å². The molecule has 2 aliphatic rings. The van der Waals surface area contributed by atoms with Gasteiger partial charge in [-0.1, -0.05) is 11.6 Å². The van der Waals surface area contributed by atoms with Crippen LogP contribution in [0.25, 0.3) is 11.2 Å². The molecule has 0 radical (unpaired) electrons. The minimum absolute atomic E-state index is 0.0589. The molecule has 4 heterocycles. The van der Waals surface area contributed by atoms with Gasteiger partial charge in [0.15, 0.2) is 22.1 Å². The minimum atomic E-state index is -0.0589. The maximum Gasteiger partial charge on any atom is 0.254 e. The Morgan fingerprint density at radius 2 is 2.00 bits per heavy atom. The number of nitrogens with zero attached hydrogens (tertiary/aromatic N) is 5. The highest BCUT2D eigenvalue weighted by atomic mass is 35.5. The molecule has 7 nitrogen and oxygen atoms in total. The Labute approximate surface area is 136 Å². The molecule has 116 valence electrons. The van der Waals surface area contributed by atoms with Crippen LogP contribution in [-0.4, -0.2) is 52.3 Å². The average Bonchev–Trinajstić information content (AvgIpc) is 2.91. The lowest BCUT2D eigenvalue weighted by Crippen LogP contribution is -2.38. The lowest BCUT2D eigenvalue weighted by atomic mass is 10.2. The summed E-state index contributed by atoms with van der Waals surface area (Å²) in [6.07, 6.45) is 1.86. The van der Waals surface area contributed by atoms with Gasteiger partial charge in [-0.2, -0.15) is 15.0 Å². The molecular weight excluding hydrogens is 329 g/mol. The van der Waals surface area contributed by atoms with Crippen molar-refractivity contribution in [1.29, 1.82) is 0 Å². The summed E-state index contributed by atoms with van der Waals surface area (Å²) in [5.41, 5.74) is 0.935. The van der Waals surface area contributed by atoms with Crippen LogP contribution >= 0.6 is 23.2 Å². The molecule has 0 amide bonds. The van der Waals surface area contributed by atoms with Crippen LogP contribution in [0.3, 0.4) is 0 Å². The van der Waals surface area contributed by atoms with Crippen molar-refractivity contribution < 1.29 is 9.47 Å². The zero-order chi connectivity index (χ0) is 15.1. The minimum Gasteiger partial charge on any atom is -0.470 e. The average molecular weight is 342 g/mol. The Kier molecular flexibility index (Phi) is 3.63. The Hall–Kier alpha value is -1.44. The molecule has 0 spiro atoms. The Balaban J connectivity index is 1.75. The smallest absolute Gasteiger partial charge is 0.254 e. The van der Waals surface area contributed by atoms with E-state index in [2.05, 4.69) is 24.8 Å². The number of rotatable bonds is 3. The van der Waals surface area contributed by atoms with Gasteiger partial charge in [0.25, 0.3) is 5.88 Å². The maximum atomic E-state index is 6.21. The first kappa shape index (κ1) is 14.2. The van der Waals surface area contributed by atoms with Crippen LogP contribution in [0.2, 0.25) is 10.4 Å². The summed E-state index contributed by atoms with van der Waals surface area (Å²) in [6.45, 7) is 3.04. The molecule has 2 aromatic heterocycles. The Bertz CT molecular complexity index is 719. The number of anilines is 1. The SMILES string of the molecule is Clc1nc(N2CCC2)c2nc(Cl)c(OC3CCOC3)nc2n1. The Morgan fingerprint density at radius 1 is 1.14 bits per heavy atom. The quantitative estimate of drug-likeness (QED) is 0.791. The van der Waals surface area contributed by atoms with E-state index in [9.17, 15) is 0 Å². The second-order valence-electron chi connectivity index (χ2n) is 5.25. The fourth-order valence-electron chi connectivity index (χ4n) is 2.46. The summed E-state index contributed by atoms with van der Waals surface area (Å²) in [7, 11) is 0. The standard InChI is InChI=1S/C13H13Cl2N5O2/c14-9-12(22-7-2-5-21-6-7)17-10-8(16-9)11(19-13(15)18-10)20-3-1-4-20/h7H,1-6H2. The second-order valence-corrected chi connectivity index (χ2v) is 5.95. The first-order valence-electron chi connectivity index (χ1n) is 7.11. The highest BCUT2D eigenvalue weighted by Gasteiger charge is 2.24. The van der Waals surface area contributed by atoms with E-state index in [-0.39, 0.29) is 22.4 Å². The molecule has 2 aromatic rings. The second kappa shape index (κ2) is 5.64. The summed E-state index contributed by atoms with van der Waals surface area (Å²) in [4.78, 5) is 19.2. The summed E-state index contributed by atoms with van der Waals surface area (Å²) >= 11 is 12.2. The molecule has 9 heteroatoms. The van der Waals surface area contributed by atoms with Gasteiger partial charge in [-0.15, -0.1) is 0 Å². The van der Waals surface area contributed by atoms with Crippen molar-refractivity contribution in [1.82, 2.24) is 19.9 Å². The van der Waals surface area contributed by atoms with Gasteiger partial charge in [-0.25, -0.2) is 4.98 Å². The van der Waals surface area contributed by atoms with Crippen molar-refractivity contribution in [2.75, 3.05) is 31.2 Å². The number of hydrogen-bond donors (Lipinski definition) is 0. The van der Waals surface area contributed by atoms with Crippen molar-refractivity contribution in [3.05, 3.63) is 10.4 Å². The van der Waals surface area contributed by atoms with Crippen molar-refractivity contribution in [2.24, 2.45) is 0 Å². The molecule has 0 N–H and O–H groups in total. The van der Waals surface area contributed by atoms with Crippen molar-refractivity contribution in [3.8, 4) is 5.88 Å². The van der Waals surface area contributed by atoms with E-state index in [1.165, 1.54) is 0 Å². The van der Waals surface area contributed by atoms with Gasteiger partial charge in [-0.05, 0) is 18.0 Å². The largest absolute Gasteiger partial charge is 0.470 e. The third-order valence-corrected chi connectivity index (χ3v) is 4.15. The predicted octanol–water partition coefficient (Wildman–Crippen LogP) is 2.10. The van der Waals surface area contributed by atoms with Crippen LogP contribution in [0.1, 0.15) is 12.8 Å². The third-order valence-electron chi connectivity index (χ3n) is 3.74. The van der Waals surface area contributed by atoms with E-state index in [1.807, 2.05) is 0 Å². The van der Waals surface area contributed by atoms with Crippen LogP contribution in [0, 0.1) is 0 Å². The zero-order valence-electron chi connectivity index (χ0n) is 11.6. The normalized spacial score (nSPS) is 21.2. The highest BCUT2D eigenvalue weighted by molar-refractivity contribution is 6.31. The van der Waals surface area contributed by atoms with Crippen molar-refractivity contribution in [3.63, 3.8) is 0 Å². The molecule has 0 aliphatic carbocycles. The van der Waals surface area contributed by atoms with E-state index in [4.69, 9.17) is 32.7 Å². The monoisotopic (exact) mass is 341 g/mol. The molecular formula is C13H13Cl2N5O2. The first-order chi connectivity index (χ1) is 10.7. The number of fused-ring (bicyclic) bond motifs is 1. The van der Waals surface area contributed by atoms with Gasteiger partial charge in [0.2, 0.25) is 5.28 Å². The topological polar surface area (TPSA) is 73.3 Å². The fourth-order valence-corrected chi connectivity index (χ4v) is 2.79.